The van der Waals surface area contributed by atoms with Crippen molar-refractivity contribution in [1.82, 2.24) is 0 Å². The minimum Gasteiger partial charge on any atom is -0.481 e. The molecule has 0 aliphatic carbocycles. The van der Waals surface area contributed by atoms with Crippen molar-refractivity contribution in [2.75, 3.05) is 0 Å². The zero-order valence-corrected chi connectivity index (χ0v) is 16.4. The van der Waals surface area contributed by atoms with Crippen molar-refractivity contribution in [2.45, 2.75) is 78.6 Å². The predicted molar refractivity (Wildman–Crippen MR) is 105 cm³/mol. The Hall–Kier alpha value is -2.10. The van der Waals surface area contributed by atoms with Gasteiger partial charge in [0.1, 0.15) is 5.58 Å². The van der Waals surface area contributed by atoms with E-state index >= 15 is 0 Å². The molecule has 0 radical (unpaired) electrons. The van der Waals surface area contributed by atoms with Gasteiger partial charge in [0.15, 0.2) is 0 Å². The first-order chi connectivity index (χ1) is 12.4. The molecular formula is C22H30O4. The van der Waals surface area contributed by atoms with Crippen LogP contribution in [-0.4, -0.2) is 11.1 Å². The van der Waals surface area contributed by atoms with E-state index in [1.807, 2.05) is 19.9 Å². The Bertz CT molecular complexity index is 824. The summed E-state index contributed by atoms with van der Waals surface area (Å²) < 4.78 is 5.51. The number of benzene rings is 1. The summed E-state index contributed by atoms with van der Waals surface area (Å²) in [5.74, 6) is -0.801. The zero-order chi connectivity index (χ0) is 19.3. The Morgan fingerprint density at radius 3 is 2.19 bits per heavy atom. The Kier molecular flexibility index (Phi) is 7.01. The van der Waals surface area contributed by atoms with Crippen LogP contribution in [0, 0.1) is 13.8 Å². The number of aliphatic carboxylic acids is 1. The molecule has 1 aromatic heterocycles. The number of aryl methyl sites for hydroxylation is 2. The van der Waals surface area contributed by atoms with Gasteiger partial charge in [-0.3, -0.25) is 4.79 Å². The first-order valence-corrected chi connectivity index (χ1v) is 9.67. The molecule has 0 spiro atoms. The number of carboxylic acid groups (broad SMARTS) is 1. The molecule has 1 N–H and O–H groups in total. The van der Waals surface area contributed by atoms with Crippen LogP contribution in [0.15, 0.2) is 21.3 Å². The van der Waals surface area contributed by atoms with Crippen molar-refractivity contribution in [3.63, 3.8) is 0 Å². The van der Waals surface area contributed by atoms with E-state index in [1.165, 1.54) is 0 Å². The topological polar surface area (TPSA) is 67.5 Å². The van der Waals surface area contributed by atoms with Crippen LogP contribution in [0.1, 0.15) is 80.5 Å². The van der Waals surface area contributed by atoms with E-state index < -0.39 is 11.6 Å². The molecule has 4 nitrogen and oxygen atoms in total. The van der Waals surface area contributed by atoms with Crippen LogP contribution in [0.2, 0.25) is 0 Å². The summed E-state index contributed by atoms with van der Waals surface area (Å²) in [5, 5.41) is 10.2. The van der Waals surface area contributed by atoms with Gasteiger partial charge in [-0.25, -0.2) is 4.79 Å². The molecule has 0 aliphatic heterocycles. The molecule has 0 amide bonds. The normalized spacial score (nSPS) is 11.4. The van der Waals surface area contributed by atoms with Crippen molar-refractivity contribution in [3.05, 3.63) is 44.8 Å². The van der Waals surface area contributed by atoms with E-state index in [1.54, 1.807) is 0 Å². The third kappa shape index (κ3) is 4.54. The number of hydrogen-bond acceptors (Lipinski definition) is 3. The van der Waals surface area contributed by atoms with E-state index in [9.17, 15) is 14.7 Å². The molecule has 1 heterocycles. The Morgan fingerprint density at radius 2 is 1.65 bits per heavy atom. The molecule has 4 heteroatoms. The number of rotatable bonds is 9. The van der Waals surface area contributed by atoms with Gasteiger partial charge in [-0.1, -0.05) is 39.5 Å². The average Bonchev–Trinajstić information content (AvgIpc) is 2.58. The average molecular weight is 358 g/mol. The van der Waals surface area contributed by atoms with Crippen LogP contribution >= 0.6 is 0 Å². The van der Waals surface area contributed by atoms with Gasteiger partial charge in [-0.15, -0.1) is 0 Å². The van der Waals surface area contributed by atoms with Crippen LogP contribution in [0.3, 0.4) is 0 Å². The van der Waals surface area contributed by atoms with Crippen molar-refractivity contribution >= 4 is 16.9 Å². The molecule has 1 aromatic carbocycles. The molecule has 26 heavy (non-hydrogen) atoms. The fraction of sp³-hybridized carbons (Fsp3) is 0.545. The molecule has 0 saturated heterocycles. The van der Waals surface area contributed by atoms with Gasteiger partial charge in [0, 0.05) is 5.39 Å². The monoisotopic (exact) mass is 358 g/mol. The quantitative estimate of drug-likeness (QED) is 0.601. The van der Waals surface area contributed by atoms with E-state index in [0.29, 0.717) is 11.1 Å². The fourth-order valence-corrected chi connectivity index (χ4v) is 3.64. The van der Waals surface area contributed by atoms with Gasteiger partial charge in [-0.2, -0.15) is 0 Å². The Morgan fingerprint density at radius 1 is 1.08 bits per heavy atom. The number of hydrogen-bond donors (Lipinski definition) is 1. The van der Waals surface area contributed by atoms with Crippen molar-refractivity contribution in [3.8, 4) is 0 Å². The van der Waals surface area contributed by atoms with E-state index in [-0.39, 0.29) is 12.3 Å². The van der Waals surface area contributed by atoms with Crippen LogP contribution < -0.4 is 5.63 Å². The summed E-state index contributed by atoms with van der Waals surface area (Å²) >= 11 is 0. The second-order valence-electron chi connectivity index (χ2n) is 7.27. The number of fused-ring (bicyclic) bond motifs is 1. The van der Waals surface area contributed by atoms with E-state index in [4.69, 9.17) is 4.42 Å². The second kappa shape index (κ2) is 9.02. The minimum absolute atomic E-state index is 0.193. The van der Waals surface area contributed by atoms with Crippen molar-refractivity contribution < 1.29 is 14.3 Å². The smallest absolute Gasteiger partial charge is 0.340 e. The lowest BCUT2D eigenvalue weighted by molar-refractivity contribution is -0.136. The maximum absolute atomic E-state index is 12.6. The number of carbonyl (C=O) groups is 1. The van der Waals surface area contributed by atoms with Gasteiger partial charge in [0.25, 0.3) is 0 Å². The van der Waals surface area contributed by atoms with Crippen molar-refractivity contribution in [2.24, 2.45) is 0 Å². The SMILES string of the molecule is CCCCC(CCCC)c1c(CC(=O)O)c(=O)oc2cc(C)c(C)cc12. The van der Waals surface area contributed by atoms with Crippen LogP contribution in [0.5, 0.6) is 0 Å². The van der Waals surface area contributed by atoms with Gasteiger partial charge in [0.05, 0.1) is 12.0 Å². The van der Waals surface area contributed by atoms with Crippen LogP contribution in [0.25, 0.3) is 11.0 Å². The highest BCUT2D eigenvalue weighted by Crippen LogP contribution is 2.35. The fourth-order valence-electron chi connectivity index (χ4n) is 3.64. The first kappa shape index (κ1) is 20.2. The second-order valence-corrected chi connectivity index (χ2v) is 7.27. The summed E-state index contributed by atoms with van der Waals surface area (Å²) in [7, 11) is 0. The largest absolute Gasteiger partial charge is 0.481 e. The molecule has 0 aliphatic rings. The minimum atomic E-state index is -0.994. The van der Waals surface area contributed by atoms with E-state index in [2.05, 4.69) is 19.9 Å². The van der Waals surface area contributed by atoms with Gasteiger partial charge < -0.3 is 9.52 Å². The summed E-state index contributed by atoms with van der Waals surface area (Å²) in [5.41, 5.74) is 3.49. The zero-order valence-electron chi connectivity index (χ0n) is 16.4. The van der Waals surface area contributed by atoms with Crippen LogP contribution in [-0.2, 0) is 11.2 Å². The lowest BCUT2D eigenvalue weighted by atomic mass is 9.83. The number of carboxylic acids is 1. The van der Waals surface area contributed by atoms with Gasteiger partial charge in [0.2, 0.25) is 0 Å². The molecule has 0 atom stereocenters. The standard InChI is InChI=1S/C22H30O4/c1-5-7-9-16(10-8-6-2)21-17-11-14(3)15(4)12-19(17)26-22(25)18(21)13-20(23)24/h11-12,16H,5-10,13H2,1-4H3,(H,23,24). The third-order valence-electron chi connectivity index (χ3n) is 5.21. The highest BCUT2D eigenvalue weighted by atomic mass is 16.4. The molecule has 0 fully saturated rings. The lowest BCUT2D eigenvalue weighted by Gasteiger charge is -2.22. The summed E-state index contributed by atoms with van der Waals surface area (Å²) in [6, 6.07) is 3.95. The molecule has 2 rings (SSSR count). The summed E-state index contributed by atoms with van der Waals surface area (Å²) in [6.07, 6.45) is 5.93. The highest BCUT2D eigenvalue weighted by Gasteiger charge is 2.24. The molecule has 0 saturated carbocycles. The third-order valence-corrected chi connectivity index (χ3v) is 5.21. The molecule has 0 bridgehead atoms. The van der Waals surface area contributed by atoms with Crippen LogP contribution in [0.4, 0.5) is 0 Å². The van der Waals surface area contributed by atoms with E-state index in [0.717, 1.165) is 60.6 Å². The Labute approximate surface area is 155 Å². The van der Waals surface area contributed by atoms with Gasteiger partial charge >= 0.3 is 11.6 Å². The molecular weight excluding hydrogens is 328 g/mol. The molecule has 142 valence electrons. The maximum atomic E-state index is 12.6. The summed E-state index contributed by atoms with van der Waals surface area (Å²) in [4.78, 5) is 24.0. The lowest BCUT2D eigenvalue weighted by Crippen LogP contribution is -2.19. The Balaban J connectivity index is 2.75. The summed E-state index contributed by atoms with van der Waals surface area (Å²) in [6.45, 7) is 8.33. The molecule has 2 aromatic rings. The predicted octanol–water partition coefficient (Wildman–Crippen LogP) is 5.50. The number of unbranched alkanes of at least 4 members (excludes halogenated alkanes) is 2. The van der Waals surface area contributed by atoms with Crippen molar-refractivity contribution in [1.29, 1.82) is 0 Å². The first-order valence-electron chi connectivity index (χ1n) is 9.67. The molecule has 0 unspecified atom stereocenters. The van der Waals surface area contributed by atoms with Gasteiger partial charge in [-0.05, 0) is 61.4 Å². The highest BCUT2D eigenvalue weighted by molar-refractivity contribution is 5.85. The maximum Gasteiger partial charge on any atom is 0.340 e.